The van der Waals surface area contributed by atoms with E-state index in [2.05, 4.69) is 10.3 Å². The summed E-state index contributed by atoms with van der Waals surface area (Å²) in [6.07, 6.45) is 1.75. The average molecular weight is 486 g/mol. The lowest BCUT2D eigenvalue weighted by atomic mass is 10.0. The number of rotatable bonds is 6. The number of para-hydroxylation sites is 2. The number of carbonyl (C=O) groups excluding carboxylic acids is 1. The van der Waals surface area contributed by atoms with Crippen molar-refractivity contribution in [3.05, 3.63) is 102 Å². The second-order valence-electron chi connectivity index (χ2n) is 7.91. The van der Waals surface area contributed by atoms with Crippen LogP contribution in [0.5, 0.6) is 5.75 Å². The van der Waals surface area contributed by atoms with E-state index in [-0.39, 0.29) is 12.1 Å². The highest BCUT2D eigenvalue weighted by Gasteiger charge is 2.43. The largest absolute Gasteiger partial charge is 0.495 e. The minimum absolute atomic E-state index is 0.275. The first-order valence-corrected chi connectivity index (χ1v) is 11.4. The Bertz CT molecular complexity index is 1370. The molecule has 8 heteroatoms. The second-order valence-corrected chi connectivity index (χ2v) is 8.29. The molecule has 2 aromatic heterocycles. The van der Waals surface area contributed by atoms with E-state index >= 15 is 0 Å². The van der Waals surface area contributed by atoms with Gasteiger partial charge in [-0.3, -0.25) is 4.98 Å². The van der Waals surface area contributed by atoms with Gasteiger partial charge >= 0.3 is 5.97 Å². The fraction of sp³-hybridized carbons (Fsp3) is 0.148. The third-order valence-electron chi connectivity index (χ3n) is 5.96. The van der Waals surface area contributed by atoms with Crippen LogP contribution in [0.1, 0.15) is 33.9 Å². The summed E-state index contributed by atoms with van der Waals surface area (Å²) in [4.78, 5) is 18.9. The minimum atomic E-state index is -0.427. The van der Waals surface area contributed by atoms with Gasteiger partial charge in [-0.1, -0.05) is 36.4 Å². The summed E-state index contributed by atoms with van der Waals surface area (Å²) in [6.45, 7) is 0. The highest BCUT2D eigenvalue weighted by Crippen LogP contribution is 2.45. The van der Waals surface area contributed by atoms with Crippen molar-refractivity contribution >= 4 is 29.0 Å². The Morgan fingerprint density at radius 3 is 2.54 bits per heavy atom. The zero-order valence-corrected chi connectivity index (χ0v) is 20.0. The molecule has 0 bridgehead atoms. The van der Waals surface area contributed by atoms with Crippen LogP contribution in [0, 0.1) is 0 Å². The summed E-state index contributed by atoms with van der Waals surface area (Å²) in [6, 6.07) is 23.8. The Kier molecular flexibility index (Phi) is 6.20. The molecular weight excluding hydrogens is 462 g/mol. The molecule has 2 atom stereocenters. The number of pyridine rings is 1. The number of benzene rings is 2. The number of ether oxygens (including phenoxy) is 2. The van der Waals surface area contributed by atoms with E-state index in [4.69, 9.17) is 26.1 Å². The minimum Gasteiger partial charge on any atom is -0.495 e. The molecule has 5 rings (SSSR count). The molecule has 35 heavy (non-hydrogen) atoms. The molecule has 0 saturated carbocycles. The summed E-state index contributed by atoms with van der Waals surface area (Å²) >= 11 is 5.78. The molecule has 1 N–H and O–H groups in total. The van der Waals surface area contributed by atoms with Crippen molar-refractivity contribution in [2.45, 2.75) is 12.1 Å². The molecule has 2 aromatic carbocycles. The SMILES string of the molecule is COC(=O)c1ccccc1-c1ccc([C@H]2[C@H](c3ccccn3)NC(=S)N2c2ccccc2OC)o1. The molecule has 0 aliphatic carbocycles. The topological polar surface area (TPSA) is 76.8 Å². The predicted octanol–water partition coefficient (Wildman–Crippen LogP) is 5.31. The molecule has 176 valence electrons. The maximum atomic E-state index is 12.3. The van der Waals surface area contributed by atoms with Crippen molar-refractivity contribution in [3.8, 4) is 17.1 Å². The average Bonchev–Trinajstić information content (AvgIpc) is 3.53. The van der Waals surface area contributed by atoms with Gasteiger partial charge in [-0.15, -0.1) is 0 Å². The zero-order chi connectivity index (χ0) is 24.4. The number of furan rings is 1. The smallest absolute Gasteiger partial charge is 0.338 e. The molecule has 3 heterocycles. The van der Waals surface area contributed by atoms with Gasteiger partial charge in [-0.25, -0.2) is 4.79 Å². The summed E-state index contributed by atoms with van der Waals surface area (Å²) in [7, 11) is 2.99. The van der Waals surface area contributed by atoms with Crippen LogP contribution in [-0.4, -0.2) is 30.3 Å². The summed E-state index contributed by atoms with van der Waals surface area (Å²) in [5, 5.41) is 3.94. The molecule has 7 nitrogen and oxygen atoms in total. The highest BCUT2D eigenvalue weighted by molar-refractivity contribution is 7.80. The quantitative estimate of drug-likeness (QED) is 0.291. The maximum Gasteiger partial charge on any atom is 0.338 e. The van der Waals surface area contributed by atoms with E-state index in [1.165, 1.54) is 7.11 Å². The Hall–Kier alpha value is -4.17. The van der Waals surface area contributed by atoms with E-state index in [9.17, 15) is 4.79 Å². The Morgan fingerprint density at radius 2 is 1.77 bits per heavy atom. The van der Waals surface area contributed by atoms with Crippen molar-refractivity contribution in [1.29, 1.82) is 0 Å². The van der Waals surface area contributed by atoms with E-state index in [0.717, 1.165) is 11.4 Å². The van der Waals surface area contributed by atoms with Crippen molar-refractivity contribution < 1.29 is 18.7 Å². The predicted molar refractivity (Wildman–Crippen MR) is 136 cm³/mol. The highest BCUT2D eigenvalue weighted by atomic mass is 32.1. The standard InChI is InChI=1S/C27H23N3O4S/c1-32-22-13-6-5-12-20(22)30-25(24(29-27(30)35)19-11-7-8-16-28-19)23-15-14-21(34-23)17-9-3-4-10-18(17)26(31)33-2/h3-16,24-25H,1-2H3,(H,29,35)/t24-,25-/m0/s1. The van der Waals surface area contributed by atoms with Crippen LogP contribution < -0.4 is 15.0 Å². The van der Waals surface area contributed by atoms with Crippen molar-refractivity contribution in [2.75, 3.05) is 19.1 Å². The van der Waals surface area contributed by atoms with E-state index in [1.807, 2.05) is 71.6 Å². The number of esters is 1. The van der Waals surface area contributed by atoms with Crippen LogP contribution in [0.3, 0.4) is 0 Å². The van der Waals surface area contributed by atoms with E-state index in [0.29, 0.717) is 33.5 Å². The Morgan fingerprint density at radius 1 is 1.00 bits per heavy atom. The molecule has 0 radical (unpaired) electrons. The number of methoxy groups -OCH3 is 2. The van der Waals surface area contributed by atoms with Gasteiger partial charge < -0.3 is 24.1 Å². The van der Waals surface area contributed by atoms with Crippen molar-refractivity contribution in [1.82, 2.24) is 10.3 Å². The number of thiocarbonyl (C=S) groups is 1. The van der Waals surface area contributed by atoms with Crippen LogP contribution in [0.15, 0.2) is 89.5 Å². The number of hydrogen-bond donors (Lipinski definition) is 1. The molecule has 1 fully saturated rings. The summed E-state index contributed by atoms with van der Waals surface area (Å²) in [5.74, 6) is 1.47. The normalized spacial score (nSPS) is 17.2. The van der Waals surface area contributed by atoms with Crippen LogP contribution in [0.2, 0.25) is 0 Å². The zero-order valence-electron chi connectivity index (χ0n) is 19.2. The van der Waals surface area contributed by atoms with Crippen molar-refractivity contribution in [2.24, 2.45) is 0 Å². The van der Waals surface area contributed by atoms with Gasteiger partial charge in [-0.2, -0.15) is 0 Å². The molecule has 1 aliphatic heterocycles. The number of aromatic nitrogens is 1. The third-order valence-corrected chi connectivity index (χ3v) is 6.27. The molecular formula is C27H23N3O4S. The number of nitrogens with one attached hydrogen (secondary N) is 1. The number of hydrogen-bond acceptors (Lipinski definition) is 6. The molecule has 0 amide bonds. The van der Waals surface area contributed by atoms with Gasteiger partial charge in [0, 0.05) is 11.8 Å². The molecule has 4 aromatic rings. The third kappa shape index (κ3) is 4.13. The van der Waals surface area contributed by atoms with E-state index < -0.39 is 5.97 Å². The molecule has 1 saturated heterocycles. The van der Waals surface area contributed by atoms with Crippen LogP contribution in [0.25, 0.3) is 11.3 Å². The van der Waals surface area contributed by atoms with Gasteiger partial charge in [0.2, 0.25) is 0 Å². The number of anilines is 1. The fourth-order valence-corrected chi connectivity index (χ4v) is 4.71. The lowest BCUT2D eigenvalue weighted by molar-refractivity contribution is 0.0601. The number of nitrogens with zero attached hydrogens (tertiary/aromatic N) is 2. The van der Waals surface area contributed by atoms with Crippen LogP contribution in [-0.2, 0) is 4.74 Å². The van der Waals surface area contributed by atoms with Gasteiger partial charge in [0.25, 0.3) is 0 Å². The first-order chi connectivity index (χ1) is 17.1. The van der Waals surface area contributed by atoms with E-state index in [1.54, 1.807) is 25.4 Å². The molecule has 0 spiro atoms. The van der Waals surface area contributed by atoms with Crippen LogP contribution in [0.4, 0.5) is 5.69 Å². The monoisotopic (exact) mass is 485 g/mol. The first-order valence-electron chi connectivity index (χ1n) is 11.0. The summed E-state index contributed by atoms with van der Waals surface area (Å²) < 4.78 is 17.0. The molecule has 0 unspecified atom stereocenters. The molecule has 1 aliphatic rings. The Labute approximate surface area is 208 Å². The van der Waals surface area contributed by atoms with Crippen LogP contribution >= 0.6 is 12.2 Å². The first kappa shape index (κ1) is 22.6. The van der Waals surface area contributed by atoms with Crippen molar-refractivity contribution in [3.63, 3.8) is 0 Å². The fourth-order valence-electron chi connectivity index (χ4n) is 4.37. The second kappa shape index (κ2) is 9.60. The Balaban J connectivity index is 1.63. The lowest BCUT2D eigenvalue weighted by Crippen LogP contribution is -2.29. The summed E-state index contributed by atoms with van der Waals surface area (Å²) in [5.41, 5.74) is 2.71. The van der Waals surface area contributed by atoms with Gasteiger partial charge in [0.05, 0.1) is 37.2 Å². The van der Waals surface area contributed by atoms with Gasteiger partial charge in [-0.05, 0) is 54.7 Å². The van der Waals surface area contributed by atoms with Gasteiger partial charge in [0.1, 0.15) is 23.3 Å². The van der Waals surface area contributed by atoms with Gasteiger partial charge in [0.15, 0.2) is 5.11 Å². The maximum absolute atomic E-state index is 12.3. The lowest BCUT2D eigenvalue weighted by Gasteiger charge is -2.27. The number of carbonyl (C=O) groups is 1.